The van der Waals surface area contributed by atoms with Crippen LogP contribution in [0.25, 0.3) is 11.5 Å². The molecule has 4 rings (SSSR count). The van der Waals surface area contributed by atoms with Crippen LogP contribution >= 0.6 is 0 Å². The number of hydrogen-bond donors (Lipinski definition) is 1. The van der Waals surface area contributed by atoms with E-state index in [-0.39, 0.29) is 11.9 Å². The van der Waals surface area contributed by atoms with E-state index in [1.165, 1.54) is 0 Å². The lowest BCUT2D eigenvalue weighted by molar-refractivity contribution is 0.185. The lowest BCUT2D eigenvalue weighted by Crippen LogP contribution is -2.40. The van der Waals surface area contributed by atoms with Gasteiger partial charge in [0, 0.05) is 38.0 Å². The number of ether oxygens (including phenoxy) is 1. The summed E-state index contributed by atoms with van der Waals surface area (Å²) in [5.41, 5.74) is 2.53. The molecule has 1 saturated heterocycles. The maximum atomic E-state index is 12.5. The Morgan fingerprint density at radius 3 is 2.69 bits per heavy atom. The summed E-state index contributed by atoms with van der Waals surface area (Å²) in [6, 6.07) is 13.2. The Morgan fingerprint density at radius 1 is 1.21 bits per heavy atom. The number of amides is 2. The zero-order valence-electron chi connectivity index (χ0n) is 16.2. The minimum Gasteiger partial charge on any atom is -0.380 e. The molecule has 8 heteroatoms. The first kappa shape index (κ1) is 19.1. The van der Waals surface area contributed by atoms with E-state index >= 15 is 0 Å². The van der Waals surface area contributed by atoms with Crippen molar-refractivity contribution in [2.45, 2.75) is 25.4 Å². The molecule has 0 atom stereocenters. The van der Waals surface area contributed by atoms with Crippen LogP contribution in [-0.4, -0.2) is 46.3 Å². The van der Waals surface area contributed by atoms with Crippen LogP contribution in [0, 0.1) is 0 Å². The first-order chi connectivity index (χ1) is 14.2. The normalized spacial score (nSPS) is 14.7. The molecule has 150 valence electrons. The van der Waals surface area contributed by atoms with Crippen molar-refractivity contribution >= 4 is 11.7 Å². The quantitative estimate of drug-likeness (QED) is 0.711. The zero-order chi connectivity index (χ0) is 20.1. The van der Waals surface area contributed by atoms with Crippen LogP contribution in [0.3, 0.4) is 0 Å². The van der Waals surface area contributed by atoms with Gasteiger partial charge in [-0.05, 0) is 42.7 Å². The van der Waals surface area contributed by atoms with Crippen LogP contribution in [0.4, 0.5) is 10.5 Å². The third-order valence-electron chi connectivity index (χ3n) is 4.98. The standard InChI is InChI=1S/C21H23N5O3/c1-28-14-15-5-7-17(8-6-15)23-21(27)26-12-9-16(10-13-26)20-24-19(25-29-20)18-4-2-3-11-22-18/h2-8,11,16H,9-10,12-14H2,1H3,(H,23,27). The molecular weight excluding hydrogens is 370 g/mol. The molecule has 29 heavy (non-hydrogen) atoms. The number of likely N-dealkylation sites (tertiary alicyclic amines) is 1. The molecule has 0 unspecified atom stereocenters. The lowest BCUT2D eigenvalue weighted by Gasteiger charge is -2.30. The van der Waals surface area contributed by atoms with Crippen molar-refractivity contribution in [2.75, 3.05) is 25.5 Å². The highest BCUT2D eigenvalue weighted by molar-refractivity contribution is 5.89. The van der Waals surface area contributed by atoms with E-state index < -0.39 is 0 Å². The first-order valence-electron chi connectivity index (χ1n) is 9.62. The summed E-state index contributed by atoms with van der Waals surface area (Å²) in [5, 5.41) is 6.99. The number of hydrogen-bond acceptors (Lipinski definition) is 6. The Balaban J connectivity index is 1.31. The predicted octanol–water partition coefficient (Wildman–Crippen LogP) is 3.69. The molecule has 1 N–H and O–H groups in total. The van der Waals surface area contributed by atoms with Crippen LogP contribution in [0.2, 0.25) is 0 Å². The van der Waals surface area contributed by atoms with Crippen molar-refractivity contribution in [3.05, 3.63) is 60.1 Å². The number of benzene rings is 1. The molecule has 3 heterocycles. The summed E-state index contributed by atoms with van der Waals surface area (Å²) in [5.74, 6) is 1.26. The van der Waals surface area contributed by atoms with Gasteiger partial charge in [-0.3, -0.25) is 4.98 Å². The Hall–Kier alpha value is -3.26. The molecule has 1 aliphatic rings. The second-order valence-electron chi connectivity index (χ2n) is 6.99. The van der Waals surface area contributed by atoms with Crippen molar-refractivity contribution in [1.82, 2.24) is 20.0 Å². The molecule has 1 fully saturated rings. The molecule has 3 aromatic rings. The smallest absolute Gasteiger partial charge is 0.321 e. The number of carbonyl (C=O) groups is 1. The maximum absolute atomic E-state index is 12.5. The number of nitrogens with zero attached hydrogens (tertiary/aromatic N) is 4. The first-order valence-corrected chi connectivity index (χ1v) is 9.62. The largest absolute Gasteiger partial charge is 0.380 e. The number of nitrogens with one attached hydrogen (secondary N) is 1. The van der Waals surface area contributed by atoms with Gasteiger partial charge in [0.1, 0.15) is 5.69 Å². The van der Waals surface area contributed by atoms with E-state index in [4.69, 9.17) is 9.26 Å². The fourth-order valence-corrected chi connectivity index (χ4v) is 3.38. The predicted molar refractivity (Wildman–Crippen MR) is 107 cm³/mol. The van der Waals surface area contributed by atoms with Crippen LogP contribution in [0.5, 0.6) is 0 Å². The number of rotatable bonds is 5. The van der Waals surface area contributed by atoms with Gasteiger partial charge in [0.05, 0.1) is 6.61 Å². The highest BCUT2D eigenvalue weighted by atomic mass is 16.5. The Labute approximate surface area is 168 Å². The molecule has 0 aliphatic carbocycles. The third kappa shape index (κ3) is 4.60. The maximum Gasteiger partial charge on any atom is 0.321 e. The Kier molecular flexibility index (Phi) is 5.81. The van der Waals surface area contributed by atoms with E-state index in [1.54, 1.807) is 13.3 Å². The van der Waals surface area contributed by atoms with Gasteiger partial charge in [0.15, 0.2) is 0 Å². The van der Waals surface area contributed by atoms with Gasteiger partial charge < -0.3 is 19.5 Å². The van der Waals surface area contributed by atoms with Gasteiger partial charge in [-0.15, -0.1) is 0 Å². The van der Waals surface area contributed by atoms with Gasteiger partial charge in [-0.25, -0.2) is 4.79 Å². The Morgan fingerprint density at radius 2 is 2.00 bits per heavy atom. The molecular formula is C21H23N5O3. The van der Waals surface area contributed by atoms with Gasteiger partial charge in [-0.1, -0.05) is 23.4 Å². The van der Waals surface area contributed by atoms with Gasteiger partial charge in [0.2, 0.25) is 11.7 Å². The zero-order valence-corrected chi connectivity index (χ0v) is 16.2. The van der Waals surface area contributed by atoms with E-state index in [1.807, 2.05) is 47.4 Å². The summed E-state index contributed by atoms with van der Waals surface area (Å²) in [7, 11) is 1.66. The summed E-state index contributed by atoms with van der Waals surface area (Å²) < 4.78 is 10.6. The highest BCUT2D eigenvalue weighted by Crippen LogP contribution is 2.28. The molecule has 1 aliphatic heterocycles. The van der Waals surface area contributed by atoms with Crippen molar-refractivity contribution in [1.29, 1.82) is 0 Å². The second-order valence-corrected chi connectivity index (χ2v) is 6.99. The molecule has 0 saturated carbocycles. The minimum absolute atomic E-state index is 0.0948. The monoisotopic (exact) mass is 393 g/mol. The lowest BCUT2D eigenvalue weighted by atomic mass is 9.97. The number of anilines is 1. The number of methoxy groups -OCH3 is 1. The Bertz CT molecular complexity index is 934. The van der Waals surface area contributed by atoms with Crippen molar-refractivity contribution < 1.29 is 14.1 Å². The summed E-state index contributed by atoms with van der Waals surface area (Å²) in [6.45, 7) is 1.83. The molecule has 1 aromatic carbocycles. The van der Waals surface area contributed by atoms with E-state index in [9.17, 15) is 4.79 Å². The number of carbonyl (C=O) groups excluding carboxylic acids is 1. The van der Waals surface area contributed by atoms with E-state index in [0.717, 1.165) is 24.1 Å². The van der Waals surface area contributed by atoms with Gasteiger partial charge >= 0.3 is 6.03 Å². The molecule has 8 nitrogen and oxygen atoms in total. The molecule has 2 aromatic heterocycles. The molecule has 0 spiro atoms. The number of urea groups is 1. The fourth-order valence-electron chi connectivity index (χ4n) is 3.38. The highest BCUT2D eigenvalue weighted by Gasteiger charge is 2.27. The van der Waals surface area contributed by atoms with Gasteiger partial charge in [0.25, 0.3) is 0 Å². The third-order valence-corrected chi connectivity index (χ3v) is 4.98. The average molecular weight is 393 g/mol. The van der Waals surface area contributed by atoms with Crippen molar-refractivity contribution in [3.8, 4) is 11.5 Å². The fraction of sp³-hybridized carbons (Fsp3) is 0.333. The van der Waals surface area contributed by atoms with Crippen LogP contribution in [0.1, 0.15) is 30.2 Å². The summed E-state index contributed by atoms with van der Waals surface area (Å²) in [6.07, 6.45) is 3.27. The number of pyridine rings is 1. The topological polar surface area (TPSA) is 93.4 Å². The van der Waals surface area contributed by atoms with Crippen molar-refractivity contribution in [2.24, 2.45) is 0 Å². The average Bonchev–Trinajstić information content (AvgIpc) is 3.26. The molecule has 0 bridgehead atoms. The van der Waals surface area contributed by atoms with E-state index in [0.29, 0.717) is 37.1 Å². The number of piperidine rings is 1. The van der Waals surface area contributed by atoms with Crippen LogP contribution < -0.4 is 5.32 Å². The SMILES string of the molecule is COCc1ccc(NC(=O)N2CCC(c3nc(-c4ccccn4)no3)CC2)cc1. The van der Waals surface area contributed by atoms with Crippen molar-refractivity contribution in [3.63, 3.8) is 0 Å². The summed E-state index contributed by atoms with van der Waals surface area (Å²) in [4.78, 5) is 23.1. The van der Waals surface area contributed by atoms with E-state index in [2.05, 4.69) is 20.4 Å². The second kappa shape index (κ2) is 8.83. The molecule has 0 radical (unpaired) electrons. The molecule has 2 amide bonds. The minimum atomic E-state index is -0.0948. The van der Waals surface area contributed by atoms with Gasteiger partial charge in [-0.2, -0.15) is 4.98 Å². The van der Waals surface area contributed by atoms with Crippen LogP contribution in [-0.2, 0) is 11.3 Å². The van der Waals surface area contributed by atoms with Crippen LogP contribution in [0.15, 0.2) is 53.2 Å². The number of aromatic nitrogens is 3. The summed E-state index contributed by atoms with van der Waals surface area (Å²) >= 11 is 0.